The summed E-state index contributed by atoms with van der Waals surface area (Å²) >= 11 is 1.52. The van der Waals surface area contributed by atoms with Crippen LogP contribution in [0.2, 0.25) is 0 Å². The number of hydrogen-bond donors (Lipinski definition) is 0. The predicted octanol–water partition coefficient (Wildman–Crippen LogP) is 2.58. The van der Waals surface area contributed by atoms with Gasteiger partial charge in [0.1, 0.15) is 6.33 Å². The van der Waals surface area contributed by atoms with E-state index in [9.17, 15) is 10.1 Å². The summed E-state index contributed by atoms with van der Waals surface area (Å²) in [6, 6.07) is 6.65. The Labute approximate surface area is 108 Å². The normalized spacial score (nSPS) is 12.3. The largest absolute Gasteiger partial charge is 0.312 e. The van der Waals surface area contributed by atoms with Gasteiger partial charge in [0, 0.05) is 24.4 Å². The molecule has 0 spiro atoms. The van der Waals surface area contributed by atoms with E-state index < -0.39 is 0 Å². The number of nitrogens with zero attached hydrogens (tertiary/aromatic N) is 4. The van der Waals surface area contributed by atoms with Gasteiger partial charge in [0.05, 0.1) is 4.92 Å². The second-order valence-corrected chi connectivity index (χ2v) is 5.14. The molecule has 1 aromatic carbocycles. The third kappa shape index (κ3) is 2.67. The maximum absolute atomic E-state index is 10.7. The Morgan fingerprint density at radius 1 is 1.50 bits per heavy atom. The molecule has 7 heteroatoms. The van der Waals surface area contributed by atoms with Gasteiger partial charge in [-0.15, -0.1) is 10.2 Å². The molecule has 0 saturated heterocycles. The van der Waals surface area contributed by atoms with Crippen molar-refractivity contribution in [2.45, 2.75) is 17.3 Å². The van der Waals surface area contributed by atoms with Gasteiger partial charge in [-0.2, -0.15) is 0 Å². The second kappa shape index (κ2) is 5.18. The molecular formula is C11H12N4O2S. The molecule has 1 aromatic heterocycles. The van der Waals surface area contributed by atoms with Crippen molar-refractivity contribution in [1.29, 1.82) is 0 Å². The highest BCUT2D eigenvalue weighted by Crippen LogP contribution is 2.34. The second-order valence-electron chi connectivity index (χ2n) is 3.84. The van der Waals surface area contributed by atoms with E-state index in [-0.39, 0.29) is 15.9 Å². The van der Waals surface area contributed by atoms with Crippen LogP contribution in [-0.2, 0) is 7.05 Å². The number of nitro groups is 1. The number of benzene rings is 1. The fraction of sp³-hybridized carbons (Fsp3) is 0.273. The quantitative estimate of drug-likeness (QED) is 0.482. The van der Waals surface area contributed by atoms with Gasteiger partial charge in [-0.3, -0.25) is 10.1 Å². The summed E-state index contributed by atoms with van der Waals surface area (Å²) < 4.78 is 1.82. The van der Waals surface area contributed by atoms with Crippen LogP contribution in [-0.4, -0.2) is 19.7 Å². The minimum absolute atomic E-state index is 0.0767. The SMILES string of the molecule is C[C@@H](Sc1nncn1C)c1cccc([N+](=O)[O-])c1. The lowest BCUT2D eigenvalue weighted by Crippen LogP contribution is -1.95. The minimum Gasteiger partial charge on any atom is -0.312 e. The molecule has 0 unspecified atom stereocenters. The van der Waals surface area contributed by atoms with Crippen LogP contribution in [0.1, 0.15) is 17.7 Å². The van der Waals surface area contributed by atoms with Gasteiger partial charge in [0.25, 0.3) is 5.69 Å². The summed E-state index contributed by atoms with van der Waals surface area (Å²) in [7, 11) is 1.86. The molecule has 0 radical (unpaired) electrons. The van der Waals surface area contributed by atoms with E-state index in [2.05, 4.69) is 10.2 Å². The average Bonchev–Trinajstić information content (AvgIpc) is 2.75. The van der Waals surface area contributed by atoms with E-state index in [4.69, 9.17) is 0 Å². The number of hydrogen-bond acceptors (Lipinski definition) is 5. The molecular weight excluding hydrogens is 252 g/mol. The van der Waals surface area contributed by atoms with Crippen LogP contribution < -0.4 is 0 Å². The van der Waals surface area contributed by atoms with Crippen molar-refractivity contribution in [2.75, 3.05) is 0 Å². The Morgan fingerprint density at radius 2 is 2.28 bits per heavy atom. The van der Waals surface area contributed by atoms with Crippen LogP contribution in [0.25, 0.3) is 0 Å². The Bertz CT molecular complexity index is 570. The first-order valence-electron chi connectivity index (χ1n) is 5.33. The number of aromatic nitrogens is 3. The van der Waals surface area contributed by atoms with Gasteiger partial charge in [0.2, 0.25) is 0 Å². The molecule has 0 amide bonds. The Morgan fingerprint density at radius 3 is 2.89 bits per heavy atom. The maximum atomic E-state index is 10.7. The van der Waals surface area contributed by atoms with Crippen LogP contribution in [0.5, 0.6) is 0 Å². The molecule has 1 heterocycles. The summed E-state index contributed by atoms with van der Waals surface area (Å²) in [5.41, 5.74) is 1.01. The Hall–Kier alpha value is -1.89. The van der Waals surface area contributed by atoms with Crippen molar-refractivity contribution in [3.05, 3.63) is 46.3 Å². The van der Waals surface area contributed by atoms with Crippen LogP contribution in [0.3, 0.4) is 0 Å². The fourth-order valence-electron chi connectivity index (χ4n) is 1.50. The topological polar surface area (TPSA) is 73.8 Å². The summed E-state index contributed by atoms with van der Waals surface area (Å²) in [5, 5.41) is 19.4. The molecule has 1 atom stereocenters. The molecule has 0 aliphatic rings. The molecule has 2 rings (SSSR count). The lowest BCUT2D eigenvalue weighted by molar-refractivity contribution is -0.384. The van der Waals surface area contributed by atoms with Crippen molar-refractivity contribution in [3.8, 4) is 0 Å². The van der Waals surface area contributed by atoms with Crippen molar-refractivity contribution in [2.24, 2.45) is 7.05 Å². The molecule has 0 aliphatic carbocycles. The summed E-state index contributed by atoms with van der Waals surface area (Å²) in [5.74, 6) is 0. The molecule has 94 valence electrons. The monoisotopic (exact) mass is 264 g/mol. The van der Waals surface area contributed by atoms with E-state index in [1.54, 1.807) is 18.5 Å². The first kappa shape index (κ1) is 12.6. The number of aryl methyl sites for hydroxylation is 1. The predicted molar refractivity (Wildman–Crippen MR) is 68.4 cm³/mol. The molecule has 0 fully saturated rings. The number of rotatable bonds is 4. The number of non-ortho nitro benzene ring substituents is 1. The van der Waals surface area contributed by atoms with Crippen molar-refractivity contribution in [3.63, 3.8) is 0 Å². The lowest BCUT2D eigenvalue weighted by Gasteiger charge is -2.10. The lowest BCUT2D eigenvalue weighted by atomic mass is 10.1. The molecule has 0 aliphatic heterocycles. The van der Waals surface area contributed by atoms with Crippen LogP contribution in [0.4, 0.5) is 5.69 Å². The van der Waals surface area contributed by atoms with Gasteiger partial charge < -0.3 is 4.57 Å². The molecule has 0 saturated carbocycles. The van der Waals surface area contributed by atoms with Crippen molar-refractivity contribution < 1.29 is 4.92 Å². The molecule has 0 bridgehead atoms. The smallest absolute Gasteiger partial charge is 0.269 e. The molecule has 18 heavy (non-hydrogen) atoms. The molecule has 0 N–H and O–H groups in total. The highest BCUT2D eigenvalue weighted by molar-refractivity contribution is 7.99. The van der Waals surface area contributed by atoms with Crippen LogP contribution >= 0.6 is 11.8 Å². The highest BCUT2D eigenvalue weighted by Gasteiger charge is 2.14. The Kier molecular flexibility index (Phi) is 3.61. The first-order valence-corrected chi connectivity index (χ1v) is 6.21. The van der Waals surface area contributed by atoms with Crippen LogP contribution in [0.15, 0.2) is 35.7 Å². The van der Waals surface area contributed by atoms with E-state index in [1.165, 1.54) is 17.8 Å². The van der Waals surface area contributed by atoms with Crippen LogP contribution in [0, 0.1) is 10.1 Å². The summed E-state index contributed by atoms with van der Waals surface area (Å²) in [6.45, 7) is 1.98. The van der Waals surface area contributed by atoms with Gasteiger partial charge in [-0.1, -0.05) is 23.9 Å². The van der Waals surface area contributed by atoms with Gasteiger partial charge in [0.15, 0.2) is 5.16 Å². The van der Waals surface area contributed by atoms with Gasteiger partial charge in [-0.25, -0.2) is 0 Å². The summed E-state index contributed by atoms with van der Waals surface area (Å²) in [4.78, 5) is 10.3. The first-order chi connectivity index (χ1) is 8.58. The zero-order valence-electron chi connectivity index (χ0n) is 9.98. The zero-order chi connectivity index (χ0) is 13.1. The Balaban J connectivity index is 2.18. The fourth-order valence-corrected chi connectivity index (χ4v) is 2.40. The van der Waals surface area contributed by atoms with E-state index >= 15 is 0 Å². The highest BCUT2D eigenvalue weighted by atomic mass is 32.2. The molecule has 2 aromatic rings. The maximum Gasteiger partial charge on any atom is 0.269 e. The van der Waals surface area contributed by atoms with E-state index in [0.717, 1.165) is 10.7 Å². The van der Waals surface area contributed by atoms with Crippen molar-refractivity contribution in [1.82, 2.24) is 14.8 Å². The standard InChI is InChI=1S/C11H12N4O2S/c1-8(18-11-13-12-7-14(11)2)9-4-3-5-10(6-9)15(16)17/h3-8H,1-2H3/t8-/m1/s1. The van der Waals surface area contributed by atoms with Crippen molar-refractivity contribution >= 4 is 17.4 Å². The average molecular weight is 264 g/mol. The zero-order valence-corrected chi connectivity index (χ0v) is 10.8. The third-order valence-corrected chi connectivity index (χ3v) is 3.71. The van der Waals surface area contributed by atoms with Gasteiger partial charge >= 0.3 is 0 Å². The number of nitro benzene ring substituents is 1. The summed E-state index contributed by atoms with van der Waals surface area (Å²) in [6.07, 6.45) is 1.63. The third-order valence-electron chi connectivity index (χ3n) is 2.50. The van der Waals surface area contributed by atoms with E-state index in [1.807, 2.05) is 24.6 Å². The van der Waals surface area contributed by atoms with Gasteiger partial charge in [-0.05, 0) is 12.5 Å². The van der Waals surface area contributed by atoms with E-state index in [0.29, 0.717) is 0 Å². The number of thioether (sulfide) groups is 1. The molecule has 6 nitrogen and oxygen atoms in total. The minimum atomic E-state index is -0.386.